The van der Waals surface area contributed by atoms with Crippen LogP contribution in [0.25, 0.3) is 0 Å². The first-order valence-electron chi connectivity index (χ1n) is 5.73. The summed E-state index contributed by atoms with van der Waals surface area (Å²) in [5.74, 6) is 0.497. The summed E-state index contributed by atoms with van der Waals surface area (Å²) in [6, 6.07) is 0.111. The maximum atomic E-state index is 11.9. The minimum atomic E-state index is 0.111. The first-order valence-corrected chi connectivity index (χ1v) is 5.73. The number of hydrogen-bond donors (Lipinski definition) is 1. The van der Waals surface area contributed by atoms with Crippen molar-refractivity contribution >= 4 is 6.03 Å². The molecule has 0 atom stereocenters. The molecule has 0 heterocycles. The molecule has 2 amide bonds. The van der Waals surface area contributed by atoms with E-state index in [9.17, 15) is 4.79 Å². The lowest BCUT2D eigenvalue weighted by molar-refractivity contribution is 0.158. The van der Waals surface area contributed by atoms with E-state index >= 15 is 0 Å². The van der Waals surface area contributed by atoms with Gasteiger partial charge in [-0.1, -0.05) is 13.8 Å². The fourth-order valence-corrected chi connectivity index (χ4v) is 1.36. The third-order valence-electron chi connectivity index (χ3n) is 2.29. The van der Waals surface area contributed by atoms with Gasteiger partial charge < -0.3 is 15.5 Å². The third kappa shape index (κ3) is 5.62. The minimum absolute atomic E-state index is 0.111. The topological polar surface area (TPSA) is 49.6 Å². The quantitative estimate of drug-likeness (QED) is 0.727. The Morgan fingerprint density at radius 1 is 1.40 bits per heavy atom. The summed E-state index contributed by atoms with van der Waals surface area (Å²) in [5.41, 5.74) is 5.46. The molecule has 0 spiro atoms. The zero-order valence-corrected chi connectivity index (χ0v) is 10.5. The molecular formula is C11H25N3O. The first-order chi connectivity index (χ1) is 7.02. The van der Waals surface area contributed by atoms with Crippen LogP contribution < -0.4 is 5.73 Å². The fraction of sp³-hybridized carbons (Fsp3) is 0.909. The van der Waals surface area contributed by atoms with Gasteiger partial charge in [0.1, 0.15) is 0 Å². The largest absolute Gasteiger partial charge is 0.330 e. The monoisotopic (exact) mass is 215 g/mol. The van der Waals surface area contributed by atoms with Crippen molar-refractivity contribution in [3.05, 3.63) is 0 Å². The Morgan fingerprint density at radius 2 is 2.00 bits per heavy atom. The SMILES string of the molecule is CCN(C)C(=O)N(CCCN)CC(C)C. The number of amides is 2. The highest BCUT2D eigenvalue weighted by Gasteiger charge is 2.16. The molecule has 0 saturated carbocycles. The lowest BCUT2D eigenvalue weighted by Gasteiger charge is -2.28. The normalized spacial score (nSPS) is 10.5. The molecule has 0 fully saturated rings. The Bertz CT molecular complexity index is 183. The Balaban J connectivity index is 4.26. The van der Waals surface area contributed by atoms with Crippen LogP contribution in [0.3, 0.4) is 0 Å². The summed E-state index contributed by atoms with van der Waals surface area (Å²) in [6.07, 6.45) is 0.871. The van der Waals surface area contributed by atoms with E-state index in [0.29, 0.717) is 12.5 Å². The van der Waals surface area contributed by atoms with Crippen molar-refractivity contribution < 1.29 is 4.79 Å². The molecule has 4 heteroatoms. The van der Waals surface area contributed by atoms with E-state index in [1.54, 1.807) is 4.90 Å². The molecule has 0 aromatic rings. The molecule has 4 nitrogen and oxygen atoms in total. The lowest BCUT2D eigenvalue weighted by Crippen LogP contribution is -2.43. The van der Waals surface area contributed by atoms with E-state index < -0.39 is 0 Å². The number of nitrogens with zero attached hydrogens (tertiary/aromatic N) is 2. The number of carbonyl (C=O) groups excluding carboxylic acids is 1. The molecule has 2 N–H and O–H groups in total. The zero-order chi connectivity index (χ0) is 11.8. The van der Waals surface area contributed by atoms with Gasteiger partial charge in [0.25, 0.3) is 0 Å². The average Bonchev–Trinajstić information content (AvgIpc) is 2.21. The van der Waals surface area contributed by atoms with Crippen LogP contribution in [0.5, 0.6) is 0 Å². The maximum absolute atomic E-state index is 11.9. The molecule has 0 bridgehead atoms. The molecule has 15 heavy (non-hydrogen) atoms. The van der Waals surface area contributed by atoms with Crippen LogP contribution in [0.1, 0.15) is 27.2 Å². The van der Waals surface area contributed by atoms with Gasteiger partial charge in [0.2, 0.25) is 0 Å². The van der Waals surface area contributed by atoms with Gasteiger partial charge in [-0.2, -0.15) is 0 Å². The molecule has 0 aromatic carbocycles. The van der Waals surface area contributed by atoms with E-state index in [-0.39, 0.29) is 6.03 Å². The predicted molar refractivity (Wildman–Crippen MR) is 63.8 cm³/mol. The predicted octanol–water partition coefficient (Wildman–Crippen LogP) is 1.36. The third-order valence-corrected chi connectivity index (χ3v) is 2.29. The van der Waals surface area contributed by atoms with Gasteiger partial charge in [0, 0.05) is 26.7 Å². The smallest absolute Gasteiger partial charge is 0.319 e. The summed E-state index contributed by atoms with van der Waals surface area (Å²) in [6.45, 7) is 9.17. The molecule has 0 aliphatic carbocycles. The molecule has 0 radical (unpaired) electrons. The van der Waals surface area contributed by atoms with Crippen LogP contribution in [0.4, 0.5) is 4.79 Å². The molecule has 0 unspecified atom stereocenters. The molecule has 0 rings (SSSR count). The molecular weight excluding hydrogens is 190 g/mol. The van der Waals surface area contributed by atoms with Crippen molar-refractivity contribution in [3.8, 4) is 0 Å². The Hall–Kier alpha value is -0.770. The standard InChI is InChI=1S/C11H25N3O/c1-5-13(4)11(15)14(8-6-7-12)9-10(2)3/h10H,5-9,12H2,1-4H3. The van der Waals surface area contributed by atoms with E-state index in [4.69, 9.17) is 5.73 Å². The van der Waals surface area contributed by atoms with Gasteiger partial charge in [0.15, 0.2) is 0 Å². The van der Waals surface area contributed by atoms with E-state index in [1.807, 2.05) is 18.9 Å². The number of hydrogen-bond acceptors (Lipinski definition) is 2. The van der Waals surface area contributed by atoms with E-state index in [1.165, 1.54) is 0 Å². The molecule has 90 valence electrons. The highest BCUT2D eigenvalue weighted by atomic mass is 16.2. The molecule has 0 saturated heterocycles. The van der Waals surface area contributed by atoms with E-state index in [0.717, 1.165) is 26.1 Å². The van der Waals surface area contributed by atoms with Gasteiger partial charge in [-0.3, -0.25) is 0 Å². The zero-order valence-electron chi connectivity index (χ0n) is 10.5. The summed E-state index contributed by atoms with van der Waals surface area (Å²) in [5, 5.41) is 0. The van der Waals surface area contributed by atoms with Crippen molar-refractivity contribution in [1.82, 2.24) is 9.80 Å². The molecule has 0 aliphatic heterocycles. The van der Waals surface area contributed by atoms with Gasteiger partial charge in [-0.15, -0.1) is 0 Å². The summed E-state index contributed by atoms with van der Waals surface area (Å²) >= 11 is 0. The summed E-state index contributed by atoms with van der Waals surface area (Å²) in [7, 11) is 1.83. The van der Waals surface area contributed by atoms with Crippen LogP contribution in [0.15, 0.2) is 0 Å². The van der Waals surface area contributed by atoms with Gasteiger partial charge in [0.05, 0.1) is 0 Å². The Morgan fingerprint density at radius 3 is 2.40 bits per heavy atom. The number of urea groups is 1. The van der Waals surface area contributed by atoms with Crippen LogP contribution >= 0.6 is 0 Å². The fourth-order valence-electron chi connectivity index (χ4n) is 1.36. The number of nitrogens with two attached hydrogens (primary N) is 1. The highest BCUT2D eigenvalue weighted by Crippen LogP contribution is 2.03. The highest BCUT2D eigenvalue weighted by molar-refractivity contribution is 5.74. The van der Waals surface area contributed by atoms with Crippen molar-refractivity contribution in [1.29, 1.82) is 0 Å². The second-order valence-corrected chi connectivity index (χ2v) is 4.28. The van der Waals surface area contributed by atoms with Gasteiger partial charge in [-0.25, -0.2) is 4.79 Å². The Labute approximate surface area is 93.4 Å². The summed E-state index contributed by atoms with van der Waals surface area (Å²) in [4.78, 5) is 15.6. The molecule has 0 aliphatic rings. The lowest BCUT2D eigenvalue weighted by atomic mass is 10.2. The minimum Gasteiger partial charge on any atom is -0.330 e. The van der Waals surface area contributed by atoms with Gasteiger partial charge in [-0.05, 0) is 25.8 Å². The van der Waals surface area contributed by atoms with Crippen LogP contribution in [0, 0.1) is 5.92 Å². The van der Waals surface area contributed by atoms with E-state index in [2.05, 4.69) is 13.8 Å². The van der Waals surface area contributed by atoms with Crippen molar-refractivity contribution in [2.75, 3.05) is 33.2 Å². The van der Waals surface area contributed by atoms with Gasteiger partial charge >= 0.3 is 6.03 Å². The van der Waals surface area contributed by atoms with Crippen molar-refractivity contribution in [3.63, 3.8) is 0 Å². The summed E-state index contributed by atoms with van der Waals surface area (Å²) < 4.78 is 0. The first kappa shape index (κ1) is 14.2. The van der Waals surface area contributed by atoms with Crippen LogP contribution in [0.2, 0.25) is 0 Å². The van der Waals surface area contributed by atoms with Crippen LogP contribution in [-0.4, -0.2) is 49.1 Å². The van der Waals surface area contributed by atoms with Crippen LogP contribution in [-0.2, 0) is 0 Å². The Kier molecular flexibility index (Phi) is 7.13. The maximum Gasteiger partial charge on any atom is 0.319 e. The number of carbonyl (C=O) groups is 1. The van der Waals surface area contributed by atoms with Crippen molar-refractivity contribution in [2.24, 2.45) is 11.7 Å². The second-order valence-electron chi connectivity index (χ2n) is 4.28. The molecule has 0 aromatic heterocycles. The average molecular weight is 215 g/mol. The number of rotatable bonds is 6. The van der Waals surface area contributed by atoms with Crippen molar-refractivity contribution in [2.45, 2.75) is 27.2 Å². The second kappa shape index (κ2) is 7.51.